The first kappa shape index (κ1) is 14.6. The third-order valence-corrected chi connectivity index (χ3v) is 4.48. The standard InChI is InChI=1S/C14H23NOS/c1-11-8-6-7-9-12(11)17-10-13(15-4)14(2,3)16-5/h6-9,13,15H,10H2,1-5H3. The van der Waals surface area contributed by atoms with Gasteiger partial charge in [0, 0.05) is 23.8 Å². The molecule has 0 aliphatic rings. The molecule has 1 rings (SSSR count). The zero-order chi connectivity index (χ0) is 12.9. The largest absolute Gasteiger partial charge is 0.377 e. The van der Waals surface area contributed by atoms with E-state index in [1.54, 1.807) is 7.11 Å². The van der Waals surface area contributed by atoms with Crippen molar-refractivity contribution >= 4 is 11.8 Å². The molecule has 0 spiro atoms. The average molecular weight is 253 g/mol. The molecule has 0 amide bonds. The minimum Gasteiger partial charge on any atom is -0.377 e. The van der Waals surface area contributed by atoms with Crippen LogP contribution in [0.3, 0.4) is 0 Å². The highest BCUT2D eigenvalue weighted by molar-refractivity contribution is 7.99. The van der Waals surface area contributed by atoms with Crippen LogP contribution < -0.4 is 5.32 Å². The third-order valence-electron chi connectivity index (χ3n) is 3.21. The van der Waals surface area contributed by atoms with Crippen LogP contribution in [0, 0.1) is 6.92 Å². The summed E-state index contributed by atoms with van der Waals surface area (Å²) in [5.74, 6) is 1.00. The Kier molecular flexibility index (Phi) is 5.50. The summed E-state index contributed by atoms with van der Waals surface area (Å²) in [6.45, 7) is 6.39. The first-order valence-corrected chi connectivity index (χ1v) is 6.90. The van der Waals surface area contributed by atoms with Gasteiger partial charge >= 0.3 is 0 Å². The van der Waals surface area contributed by atoms with Gasteiger partial charge in [0.1, 0.15) is 0 Å². The summed E-state index contributed by atoms with van der Waals surface area (Å²) in [5.41, 5.74) is 1.19. The summed E-state index contributed by atoms with van der Waals surface area (Å²) in [7, 11) is 3.76. The highest BCUT2D eigenvalue weighted by Gasteiger charge is 2.27. The lowest BCUT2D eigenvalue weighted by atomic mass is 10.0. The Bertz CT molecular complexity index is 352. The monoisotopic (exact) mass is 253 g/mol. The molecule has 0 saturated heterocycles. The molecule has 0 radical (unpaired) electrons. The van der Waals surface area contributed by atoms with E-state index in [0.29, 0.717) is 6.04 Å². The second kappa shape index (κ2) is 6.43. The molecule has 1 atom stereocenters. The molecule has 1 N–H and O–H groups in total. The number of ether oxygens (including phenoxy) is 1. The molecule has 2 nitrogen and oxygen atoms in total. The fraction of sp³-hybridized carbons (Fsp3) is 0.571. The third kappa shape index (κ3) is 4.02. The van der Waals surface area contributed by atoms with E-state index in [1.807, 2.05) is 18.8 Å². The molecule has 0 saturated carbocycles. The van der Waals surface area contributed by atoms with Crippen LogP contribution in [0.2, 0.25) is 0 Å². The minimum absolute atomic E-state index is 0.148. The van der Waals surface area contributed by atoms with Gasteiger partial charge in [0.2, 0.25) is 0 Å². The average Bonchev–Trinajstić information content (AvgIpc) is 2.32. The van der Waals surface area contributed by atoms with Crippen LogP contribution in [-0.4, -0.2) is 31.6 Å². The summed E-state index contributed by atoms with van der Waals surface area (Å²) in [5, 5.41) is 3.34. The molecule has 0 aliphatic carbocycles. The molecule has 3 heteroatoms. The zero-order valence-corrected chi connectivity index (χ0v) is 12.2. The Hall–Kier alpha value is -0.510. The highest BCUT2D eigenvalue weighted by Crippen LogP contribution is 2.25. The lowest BCUT2D eigenvalue weighted by Gasteiger charge is -2.32. The Labute approximate surface area is 109 Å². The van der Waals surface area contributed by atoms with Crippen molar-refractivity contribution in [3.05, 3.63) is 29.8 Å². The predicted molar refractivity (Wildman–Crippen MR) is 75.8 cm³/mol. The highest BCUT2D eigenvalue weighted by atomic mass is 32.2. The first-order valence-electron chi connectivity index (χ1n) is 5.92. The molecule has 1 aromatic carbocycles. The number of thioether (sulfide) groups is 1. The Balaban J connectivity index is 2.63. The first-order chi connectivity index (χ1) is 8.01. The second-order valence-electron chi connectivity index (χ2n) is 4.73. The maximum Gasteiger partial charge on any atom is 0.0783 e. The number of methoxy groups -OCH3 is 1. The molecule has 0 aromatic heterocycles. The number of hydrogen-bond donors (Lipinski definition) is 1. The van der Waals surface area contributed by atoms with E-state index in [2.05, 4.69) is 50.4 Å². The summed E-state index contributed by atoms with van der Waals surface area (Å²) in [4.78, 5) is 1.35. The van der Waals surface area contributed by atoms with E-state index in [4.69, 9.17) is 4.74 Å². The zero-order valence-electron chi connectivity index (χ0n) is 11.4. The number of likely N-dealkylation sites (N-methyl/N-ethyl adjacent to an activating group) is 1. The van der Waals surface area contributed by atoms with Crippen molar-refractivity contribution in [2.75, 3.05) is 19.9 Å². The van der Waals surface area contributed by atoms with E-state index in [0.717, 1.165) is 5.75 Å². The number of nitrogens with one attached hydrogen (secondary N) is 1. The van der Waals surface area contributed by atoms with Gasteiger partial charge in [0.25, 0.3) is 0 Å². The molecule has 0 fully saturated rings. The van der Waals surface area contributed by atoms with Gasteiger partial charge in [-0.15, -0.1) is 11.8 Å². The fourth-order valence-electron chi connectivity index (χ4n) is 1.67. The van der Waals surface area contributed by atoms with E-state index in [-0.39, 0.29) is 5.60 Å². The van der Waals surface area contributed by atoms with Gasteiger partial charge in [-0.3, -0.25) is 0 Å². The summed E-state index contributed by atoms with van der Waals surface area (Å²) in [6, 6.07) is 8.82. The van der Waals surface area contributed by atoms with Gasteiger partial charge in [-0.05, 0) is 39.4 Å². The van der Waals surface area contributed by atoms with Crippen LogP contribution in [0.15, 0.2) is 29.2 Å². The number of rotatable bonds is 6. The van der Waals surface area contributed by atoms with Gasteiger partial charge in [-0.25, -0.2) is 0 Å². The van der Waals surface area contributed by atoms with Crippen LogP contribution in [0.4, 0.5) is 0 Å². The summed E-state index contributed by atoms with van der Waals surface area (Å²) >= 11 is 1.88. The van der Waals surface area contributed by atoms with Crippen LogP contribution in [0.5, 0.6) is 0 Å². The summed E-state index contributed by atoms with van der Waals surface area (Å²) < 4.78 is 5.53. The molecule has 96 valence electrons. The van der Waals surface area contributed by atoms with E-state index in [1.165, 1.54) is 10.5 Å². The quantitative estimate of drug-likeness (QED) is 0.787. The predicted octanol–water partition coefficient (Wildman–Crippen LogP) is 3.10. The van der Waals surface area contributed by atoms with Crippen LogP contribution >= 0.6 is 11.8 Å². The second-order valence-corrected chi connectivity index (χ2v) is 5.79. The van der Waals surface area contributed by atoms with Crippen LogP contribution in [0.25, 0.3) is 0 Å². The number of hydrogen-bond acceptors (Lipinski definition) is 3. The van der Waals surface area contributed by atoms with Gasteiger partial charge in [0.15, 0.2) is 0 Å². The topological polar surface area (TPSA) is 21.3 Å². The Morgan fingerprint density at radius 2 is 2.00 bits per heavy atom. The van der Waals surface area contributed by atoms with Crippen molar-refractivity contribution in [3.63, 3.8) is 0 Å². The van der Waals surface area contributed by atoms with Crippen molar-refractivity contribution in [2.45, 2.75) is 37.3 Å². The van der Waals surface area contributed by atoms with Gasteiger partial charge < -0.3 is 10.1 Å². The van der Waals surface area contributed by atoms with Crippen molar-refractivity contribution in [2.24, 2.45) is 0 Å². The van der Waals surface area contributed by atoms with Gasteiger partial charge in [-0.1, -0.05) is 18.2 Å². The lowest BCUT2D eigenvalue weighted by molar-refractivity contribution is -0.00155. The molecule has 1 unspecified atom stereocenters. The molecular formula is C14H23NOS. The molecule has 0 heterocycles. The molecule has 1 aromatic rings. The van der Waals surface area contributed by atoms with Crippen molar-refractivity contribution in [3.8, 4) is 0 Å². The van der Waals surface area contributed by atoms with Crippen LogP contribution in [-0.2, 0) is 4.74 Å². The van der Waals surface area contributed by atoms with Crippen molar-refractivity contribution in [1.29, 1.82) is 0 Å². The fourth-order valence-corrected chi connectivity index (χ4v) is 3.05. The SMILES string of the molecule is CNC(CSc1ccccc1C)C(C)(C)OC. The summed E-state index contributed by atoms with van der Waals surface area (Å²) in [6.07, 6.45) is 0. The molecule has 0 aliphatic heterocycles. The van der Waals surface area contributed by atoms with Crippen LogP contribution in [0.1, 0.15) is 19.4 Å². The van der Waals surface area contributed by atoms with Crippen molar-refractivity contribution in [1.82, 2.24) is 5.32 Å². The minimum atomic E-state index is -0.148. The maximum absolute atomic E-state index is 5.53. The van der Waals surface area contributed by atoms with Gasteiger partial charge in [-0.2, -0.15) is 0 Å². The van der Waals surface area contributed by atoms with E-state index >= 15 is 0 Å². The smallest absolute Gasteiger partial charge is 0.0783 e. The maximum atomic E-state index is 5.53. The lowest BCUT2D eigenvalue weighted by Crippen LogP contribution is -2.48. The molecular weight excluding hydrogens is 230 g/mol. The molecule has 17 heavy (non-hydrogen) atoms. The Morgan fingerprint density at radius 3 is 2.53 bits per heavy atom. The van der Waals surface area contributed by atoms with Crippen molar-refractivity contribution < 1.29 is 4.74 Å². The number of benzene rings is 1. The number of aryl methyl sites for hydroxylation is 1. The van der Waals surface area contributed by atoms with E-state index in [9.17, 15) is 0 Å². The van der Waals surface area contributed by atoms with Gasteiger partial charge in [0.05, 0.1) is 5.60 Å². The molecule has 0 bridgehead atoms. The van der Waals surface area contributed by atoms with E-state index < -0.39 is 0 Å². The Morgan fingerprint density at radius 1 is 1.35 bits per heavy atom. The normalized spacial score (nSPS) is 13.7.